The number of alkyl halides is 3. The van der Waals surface area contributed by atoms with E-state index in [-0.39, 0.29) is 23.0 Å². The number of anilines is 1. The molecule has 1 saturated heterocycles. The van der Waals surface area contributed by atoms with E-state index in [0.717, 1.165) is 44.8 Å². The van der Waals surface area contributed by atoms with Crippen molar-refractivity contribution in [2.24, 2.45) is 5.92 Å². The fourth-order valence-corrected chi connectivity index (χ4v) is 3.96. The van der Waals surface area contributed by atoms with Crippen LogP contribution < -0.4 is 5.32 Å². The van der Waals surface area contributed by atoms with Crippen molar-refractivity contribution in [3.63, 3.8) is 0 Å². The number of aryl methyl sites for hydroxylation is 1. The van der Waals surface area contributed by atoms with Crippen molar-refractivity contribution in [1.29, 1.82) is 0 Å². The molecule has 1 fully saturated rings. The van der Waals surface area contributed by atoms with Crippen molar-refractivity contribution in [1.82, 2.24) is 4.90 Å². The SMILES string of the molecule is O=C(CN1CCC(CCc2ccc(O)cc2)CC1)Nc1c(Cl)cccc1C(F)(F)F. The zero-order valence-corrected chi connectivity index (χ0v) is 17.1. The fraction of sp³-hybridized carbons (Fsp3) is 0.409. The van der Waals surface area contributed by atoms with Crippen LogP contribution >= 0.6 is 11.6 Å². The van der Waals surface area contributed by atoms with Crippen molar-refractivity contribution in [2.75, 3.05) is 25.0 Å². The maximum Gasteiger partial charge on any atom is 0.418 e. The molecule has 30 heavy (non-hydrogen) atoms. The van der Waals surface area contributed by atoms with Gasteiger partial charge in [0.15, 0.2) is 0 Å². The van der Waals surface area contributed by atoms with Crippen LogP contribution in [0.3, 0.4) is 0 Å². The fourth-order valence-electron chi connectivity index (χ4n) is 3.74. The van der Waals surface area contributed by atoms with E-state index in [1.165, 1.54) is 17.7 Å². The first-order chi connectivity index (χ1) is 14.2. The van der Waals surface area contributed by atoms with Crippen LogP contribution in [0.5, 0.6) is 5.75 Å². The molecule has 0 radical (unpaired) electrons. The van der Waals surface area contributed by atoms with E-state index >= 15 is 0 Å². The second-order valence-corrected chi connectivity index (χ2v) is 8.04. The van der Waals surface area contributed by atoms with Gasteiger partial charge in [-0.05, 0) is 74.5 Å². The van der Waals surface area contributed by atoms with Gasteiger partial charge in [0.05, 0.1) is 22.8 Å². The molecule has 8 heteroatoms. The Balaban J connectivity index is 1.47. The average Bonchev–Trinajstić information content (AvgIpc) is 2.69. The summed E-state index contributed by atoms with van der Waals surface area (Å²) in [6, 6.07) is 10.6. The summed E-state index contributed by atoms with van der Waals surface area (Å²) in [5.74, 6) is 0.291. The lowest BCUT2D eigenvalue weighted by Crippen LogP contribution is -2.39. The third kappa shape index (κ3) is 6.12. The number of carbonyl (C=O) groups excluding carboxylic acids is 1. The van der Waals surface area contributed by atoms with Gasteiger partial charge in [-0.2, -0.15) is 13.2 Å². The van der Waals surface area contributed by atoms with Crippen molar-refractivity contribution in [3.05, 3.63) is 58.6 Å². The predicted octanol–water partition coefficient (Wildman–Crippen LogP) is 5.35. The molecular weight excluding hydrogens is 417 g/mol. The van der Waals surface area contributed by atoms with Crippen molar-refractivity contribution in [3.8, 4) is 5.75 Å². The first-order valence-corrected chi connectivity index (χ1v) is 10.3. The van der Waals surface area contributed by atoms with Gasteiger partial charge >= 0.3 is 6.18 Å². The van der Waals surface area contributed by atoms with Crippen LogP contribution in [0.4, 0.5) is 18.9 Å². The lowest BCUT2D eigenvalue weighted by Gasteiger charge is -2.31. The zero-order valence-electron chi connectivity index (χ0n) is 16.4. The monoisotopic (exact) mass is 440 g/mol. The molecule has 162 valence electrons. The number of rotatable bonds is 6. The molecule has 2 N–H and O–H groups in total. The van der Waals surface area contributed by atoms with Gasteiger partial charge in [0.1, 0.15) is 5.75 Å². The highest BCUT2D eigenvalue weighted by Gasteiger charge is 2.35. The number of piperidine rings is 1. The Morgan fingerprint density at radius 1 is 1.13 bits per heavy atom. The van der Waals surface area contributed by atoms with Crippen LogP contribution in [-0.4, -0.2) is 35.5 Å². The number of carbonyl (C=O) groups is 1. The van der Waals surface area contributed by atoms with Crippen LogP contribution in [0, 0.1) is 5.92 Å². The molecular formula is C22H24ClF3N2O2. The lowest BCUT2D eigenvalue weighted by atomic mass is 9.90. The van der Waals surface area contributed by atoms with Crippen molar-refractivity contribution >= 4 is 23.2 Å². The smallest absolute Gasteiger partial charge is 0.418 e. The molecule has 0 spiro atoms. The third-order valence-corrected chi connectivity index (χ3v) is 5.75. The van der Waals surface area contributed by atoms with Crippen LogP contribution in [0.2, 0.25) is 5.02 Å². The van der Waals surface area contributed by atoms with Gasteiger partial charge in [-0.3, -0.25) is 9.69 Å². The Morgan fingerprint density at radius 2 is 1.80 bits per heavy atom. The summed E-state index contributed by atoms with van der Waals surface area (Å²) in [6.45, 7) is 1.48. The van der Waals surface area contributed by atoms with E-state index in [9.17, 15) is 23.1 Å². The van der Waals surface area contributed by atoms with Gasteiger partial charge in [-0.1, -0.05) is 29.8 Å². The standard InChI is InChI=1S/C22H24ClF3N2O2/c23-19-3-1-2-18(22(24,25)26)21(19)27-20(30)14-28-12-10-16(11-13-28)5-4-15-6-8-17(29)9-7-15/h1-3,6-9,16,29H,4-5,10-14H2,(H,27,30). The lowest BCUT2D eigenvalue weighted by molar-refractivity contribution is -0.137. The van der Waals surface area contributed by atoms with E-state index in [2.05, 4.69) is 5.32 Å². The Bertz CT molecular complexity index is 864. The van der Waals surface area contributed by atoms with Gasteiger partial charge < -0.3 is 10.4 Å². The van der Waals surface area contributed by atoms with Gasteiger partial charge in [-0.25, -0.2) is 0 Å². The minimum absolute atomic E-state index is 0.0349. The van der Waals surface area contributed by atoms with Gasteiger partial charge in [0.2, 0.25) is 5.91 Å². The number of nitrogens with one attached hydrogen (secondary N) is 1. The van der Waals surface area contributed by atoms with Crippen molar-refractivity contribution in [2.45, 2.75) is 31.9 Å². The van der Waals surface area contributed by atoms with Gasteiger partial charge in [-0.15, -0.1) is 0 Å². The molecule has 2 aromatic rings. The first-order valence-electron chi connectivity index (χ1n) is 9.88. The van der Waals surface area contributed by atoms with E-state index in [4.69, 9.17) is 11.6 Å². The molecule has 0 aromatic heterocycles. The largest absolute Gasteiger partial charge is 0.508 e. The maximum atomic E-state index is 13.2. The predicted molar refractivity (Wildman–Crippen MR) is 111 cm³/mol. The maximum absolute atomic E-state index is 13.2. The molecule has 1 aliphatic rings. The third-order valence-electron chi connectivity index (χ3n) is 5.44. The van der Waals surface area contributed by atoms with E-state index in [1.807, 2.05) is 17.0 Å². The number of hydrogen-bond donors (Lipinski definition) is 2. The van der Waals surface area contributed by atoms with Gasteiger partial charge in [0.25, 0.3) is 0 Å². The molecule has 1 amide bonds. The summed E-state index contributed by atoms with van der Waals surface area (Å²) in [5.41, 5.74) is -0.161. The summed E-state index contributed by atoms with van der Waals surface area (Å²) >= 11 is 5.89. The van der Waals surface area contributed by atoms with Crippen molar-refractivity contribution < 1.29 is 23.1 Å². The second-order valence-electron chi connectivity index (χ2n) is 7.63. The summed E-state index contributed by atoms with van der Waals surface area (Å²) < 4.78 is 39.5. The number of halogens is 4. The molecule has 0 bridgehead atoms. The van der Waals surface area contributed by atoms with Gasteiger partial charge in [0, 0.05) is 0 Å². The first kappa shape index (κ1) is 22.4. The highest BCUT2D eigenvalue weighted by molar-refractivity contribution is 6.34. The molecule has 0 saturated carbocycles. The summed E-state index contributed by atoms with van der Waals surface area (Å²) in [4.78, 5) is 14.3. The molecule has 1 heterocycles. The number of phenols is 1. The molecule has 0 unspecified atom stereocenters. The minimum Gasteiger partial charge on any atom is -0.508 e. The number of hydrogen-bond acceptors (Lipinski definition) is 3. The molecule has 3 rings (SSSR count). The Kier molecular flexibility index (Phi) is 7.26. The molecule has 4 nitrogen and oxygen atoms in total. The highest BCUT2D eigenvalue weighted by atomic mass is 35.5. The molecule has 0 atom stereocenters. The van der Waals surface area contributed by atoms with E-state index in [0.29, 0.717) is 5.92 Å². The van der Waals surface area contributed by atoms with Crippen LogP contribution in [0.1, 0.15) is 30.4 Å². The number of para-hydroxylation sites is 1. The molecule has 2 aromatic carbocycles. The number of amides is 1. The Hall–Kier alpha value is -2.25. The molecule has 0 aliphatic carbocycles. The zero-order chi connectivity index (χ0) is 21.7. The molecule has 1 aliphatic heterocycles. The van der Waals surface area contributed by atoms with Crippen LogP contribution in [0.15, 0.2) is 42.5 Å². The summed E-state index contributed by atoms with van der Waals surface area (Å²) in [6.07, 6.45) is -0.766. The number of nitrogens with zero attached hydrogens (tertiary/aromatic N) is 1. The quantitative estimate of drug-likeness (QED) is 0.636. The Labute approximate surface area is 178 Å². The highest BCUT2D eigenvalue weighted by Crippen LogP contribution is 2.38. The minimum atomic E-state index is -4.59. The number of phenolic OH excluding ortho intramolecular Hbond substituents is 1. The normalized spacial score (nSPS) is 15.9. The Morgan fingerprint density at radius 3 is 2.43 bits per heavy atom. The summed E-state index contributed by atoms with van der Waals surface area (Å²) in [5, 5.41) is 11.5. The topological polar surface area (TPSA) is 52.6 Å². The van der Waals surface area contributed by atoms with E-state index in [1.54, 1.807) is 12.1 Å². The number of likely N-dealkylation sites (tertiary alicyclic amines) is 1. The summed E-state index contributed by atoms with van der Waals surface area (Å²) in [7, 11) is 0. The number of benzene rings is 2. The van der Waals surface area contributed by atoms with Crippen LogP contribution in [0.25, 0.3) is 0 Å². The average molecular weight is 441 g/mol. The van der Waals surface area contributed by atoms with E-state index < -0.39 is 17.6 Å². The number of aromatic hydroxyl groups is 1. The van der Waals surface area contributed by atoms with Crippen LogP contribution in [-0.2, 0) is 17.4 Å². The second kappa shape index (κ2) is 9.71.